The van der Waals surface area contributed by atoms with Crippen LogP contribution in [0.25, 0.3) is 0 Å². The van der Waals surface area contributed by atoms with E-state index in [1.807, 2.05) is 24.3 Å². The van der Waals surface area contributed by atoms with Crippen LogP contribution >= 0.6 is 0 Å². The first-order valence-corrected chi connectivity index (χ1v) is 11.0. The van der Waals surface area contributed by atoms with Crippen molar-refractivity contribution in [3.63, 3.8) is 0 Å². The van der Waals surface area contributed by atoms with Gasteiger partial charge in [-0.2, -0.15) is 13.2 Å². The van der Waals surface area contributed by atoms with E-state index in [1.165, 1.54) is 0 Å². The van der Waals surface area contributed by atoms with Gasteiger partial charge in [-0.15, -0.1) is 0 Å². The summed E-state index contributed by atoms with van der Waals surface area (Å²) in [5, 5.41) is 7.87. The highest BCUT2D eigenvalue weighted by molar-refractivity contribution is 7.89. The smallest absolute Gasteiger partial charge is 0.418 e. The number of nitrogens with two attached hydrogens (primary N) is 1. The van der Waals surface area contributed by atoms with Crippen molar-refractivity contribution in [2.75, 3.05) is 32.1 Å². The van der Waals surface area contributed by atoms with Crippen LogP contribution in [-0.4, -0.2) is 40.1 Å². The predicted molar refractivity (Wildman–Crippen MR) is 108 cm³/mol. The molecule has 30 heavy (non-hydrogen) atoms. The molecule has 3 N–H and O–H groups in total. The largest absolute Gasteiger partial charge is 0.497 e. The molecule has 0 aromatic heterocycles. The van der Waals surface area contributed by atoms with E-state index in [0.29, 0.717) is 11.8 Å². The van der Waals surface area contributed by atoms with E-state index in [-0.39, 0.29) is 18.3 Å². The zero-order chi connectivity index (χ0) is 21.9. The standard InChI is InChI=1S/C20H24F3N3O3S/c1-29-15-6-4-14(5-7-15)19(26-10-2-3-11-26)13-25-18-9-8-16(30(24,27)28)12-17(18)20(21,22)23/h4-9,12,19,25H,2-3,10-11,13H2,1H3,(H2,24,27,28). The lowest BCUT2D eigenvalue weighted by atomic mass is 10.0. The van der Waals surface area contributed by atoms with Gasteiger partial charge in [0.25, 0.3) is 0 Å². The maximum absolute atomic E-state index is 13.5. The van der Waals surface area contributed by atoms with Gasteiger partial charge >= 0.3 is 6.18 Å². The van der Waals surface area contributed by atoms with Crippen LogP contribution in [0.15, 0.2) is 47.4 Å². The Morgan fingerprint density at radius 1 is 1.13 bits per heavy atom. The zero-order valence-corrected chi connectivity index (χ0v) is 17.3. The van der Waals surface area contributed by atoms with Crippen LogP contribution in [0.3, 0.4) is 0 Å². The fourth-order valence-corrected chi connectivity index (χ4v) is 4.17. The quantitative estimate of drug-likeness (QED) is 0.683. The molecule has 1 aliphatic heterocycles. The van der Waals surface area contributed by atoms with Crippen LogP contribution in [0.2, 0.25) is 0 Å². The number of ether oxygens (including phenoxy) is 1. The molecule has 1 heterocycles. The number of alkyl halides is 3. The lowest BCUT2D eigenvalue weighted by Gasteiger charge is -2.29. The van der Waals surface area contributed by atoms with Crippen molar-refractivity contribution in [1.82, 2.24) is 4.90 Å². The van der Waals surface area contributed by atoms with Crippen molar-refractivity contribution < 1.29 is 26.3 Å². The lowest BCUT2D eigenvalue weighted by molar-refractivity contribution is -0.137. The van der Waals surface area contributed by atoms with Crippen molar-refractivity contribution in [2.45, 2.75) is 30.0 Å². The molecule has 1 saturated heterocycles. The molecule has 2 aromatic rings. The Balaban J connectivity index is 1.89. The third-order valence-electron chi connectivity index (χ3n) is 5.19. The minimum Gasteiger partial charge on any atom is -0.497 e. The van der Waals surface area contributed by atoms with Gasteiger partial charge in [-0.3, -0.25) is 4.90 Å². The van der Waals surface area contributed by atoms with Gasteiger partial charge in [0.2, 0.25) is 10.0 Å². The summed E-state index contributed by atoms with van der Waals surface area (Å²) in [4.78, 5) is 1.65. The van der Waals surface area contributed by atoms with Crippen molar-refractivity contribution in [1.29, 1.82) is 0 Å². The minimum absolute atomic E-state index is 0.141. The Bertz CT molecular complexity index is 973. The number of likely N-dealkylation sites (tertiary alicyclic amines) is 1. The molecule has 164 valence electrons. The summed E-state index contributed by atoms with van der Waals surface area (Å²) in [5.41, 5.74) is -0.295. The number of nitrogens with one attached hydrogen (secondary N) is 1. The molecule has 1 aliphatic rings. The van der Waals surface area contributed by atoms with Gasteiger partial charge in [0.15, 0.2) is 0 Å². The van der Waals surface area contributed by atoms with Crippen LogP contribution in [0.4, 0.5) is 18.9 Å². The van der Waals surface area contributed by atoms with Crippen LogP contribution in [0.5, 0.6) is 5.75 Å². The van der Waals surface area contributed by atoms with Crippen molar-refractivity contribution >= 4 is 15.7 Å². The van der Waals surface area contributed by atoms with Gasteiger partial charge in [0, 0.05) is 12.2 Å². The van der Waals surface area contributed by atoms with E-state index in [9.17, 15) is 21.6 Å². The monoisotopic (exact) mass is 443 g/mol. The summed E-state index contributed by atoms with van der Waals surface area (Å²) in [6, 6.07) is 10.0. The Morgan fingerprint density at radius 3 is 2.30 bits per heavy atom. The van der Waals surface area contributed by atoms with Crippen LogP contribution in [0.1, 0.15) is 30.0 Å². The highest BCUT2D eigenvalue weighted by Gasteiger charge is 2.35. The molecule has 1 unspecified atom stereocenters. The first kappa shape index (κ1) is 22.4. The number of anilines is 1. The molecule has 1 fully saturated rings. The maximum atomic E-state index is 13.5. The molecular weight excluding hydrogens is 419 g/mol. The molecule has 2 aromatic carbocycles. The van der Waals surface area contributed by atoms with Gasteiger partial charge in [-0.25, -0.2) is 13.6 Å². The molecule has 6 nitrogen and oxygen atoms in total. The molecule has 1 atom stereocenters. The molecule has 0 radical (unpaired) electrons. The second kappa shape index (κ2) is 8.83. The van der Waals surface area contributed by atoms with Crippen molar-refractivity contribution in [3.8, 4) is 5.75 Å². The Morgan fingerprint density at radius 2 is 1.77 bits per heavy atom. The number of halogens is 3. The number of hydrogen-bond donors (Lipinski definition) is 2. The second-order valence-corrected chi connectivity index (χ2v) is 8.72. The molecule has 0 saturated carbocycles. The van der Waals surface area contributed by atoms with Crippen LogP contribution in [0, 0.1) is 0 Å². The topological polar surface area (TPSA) is 84.7 Å². The van der Waals surface area contributed by atoms with E-state index in [4.69, 9.17) is 9.88 Å². The average molecular weight is 443 g/mol. The summed E-state index contributed by atoms with van der Waals surface area (Å²) < 4.78 is 68.8. The minimum atomic E-state index is -4.73. The summed E-state index contributed by atoms with van der Waals surface area (Å²) in [6.07, 6.45) is -2.67. The highest BCUT2D eigenvalue weighted by Crippen LogP contribution is 2.37. The van der Waals surface area contributed by atoms with Crippen molar-refractivity contribution in [3.05, 3.63) is 53.6 Å². The molecule has 0 spiro atoms. The molecule has 3 rings (SSSR count). The Kier molecular flexibility index (Phi) is 6.59. The third kappa shape index (κ3) is 5.24. The number of nitrogens with zero attached hydrogens (tertiary/aromatic N) is 1. The summed E-state index contributed by atoms with van der Waals surface area (Å²) in [6.45, 7) is 1.94. The molecule has 0 amide bonds. The third-order valence-corrected chi connectivity index (χ3v) is 6.10. The number of primary sulfonamides is 1. The van der Waals surface area contributed by atoms with Crippen LogP contribution < -0.4 is 15.2 Å². The maximum Gasteiger partial charge on any atom is 0.418 e. The van der Waals surface area contributed by atoms with Gasteiger partial charge in [0.05, 0.1) is 23.6 Å². The van der Waals surface area contributed by atoms with Gasteiger partial charge in [-0.05, 0) is 61.8 Å². The van der Waals surface area contributed by atoms with Gasteiger partial charge < -0.3 is 10.1 Å². The molecule has 10 heteroatoms. The van der Waals surface area contributed by atoms with Crippen LogP contribution in [-0.2, 0) is 16.2 Å². The predicted octanol–water partition coefficient (Wildman–Crippen LogP) is 3.61. The Hall–Kier alpha value is -2.30. The summed E-state index contributed by atoms with van der Waals surface area (Å²) in [7, 11) is -2.68. The normalized spacial score (nSPS) is 16.4. The lowest BCUT2D eigenvalue weighted by Crippen LogP contribution is -2.31. The summed E-state index contributed by atoms with van der Waals surface area (Å²) >= 11 is 0. The van der Waals surface area contributed by atoms with E-state index < -0.39 is 26.7 Å². The first-order chi connectivity index (χ1) is 14.1. The number of benzene rings is 2. The number of hydrogen-bond acceptors (Lipinski definition) is 5. The van der Waals surface area contributed by atoms with E-state index in [2.05, 4.69) is 10.2 Å². The van der Waals surface area contributed by atoms with Crippen molar-refractivity contribution in [2.24, 2.45) is 5.14 Å². The molecule has 0 aliphatic carbocycles. The zero-order valence-electron chi connectivity index (χ0n) is 16.4. The summed E-state index contributed by atoms with van der Waals surface area (Å²) in [5.74, 6) is 0.699. The molecular formula is C20H24F3N3O3S. The van der Waals surface area contributed by atoms with Gasteiger partial charge in [-0.1, -0.05) is 12.1 Å². The van der Waals surface area contributed by atoms with E-state index in [0.717, 1.165) is 43.6 Å². The fraction of sp³-hybridized carbons (Fsp3) is 0.400. The SMILES string of the molecule is COc1ccc(C(CNc2ccc(S(N)(=O)=O)cc2C(F)(F)F)N2CCCC2)cc1. The second-order valence-electron chi connectivity index (χ2n) is 7.16. The molecule has 0 bridgehead atoms. The first-order valence-electron chi connectivity index (χ1n) is 9.45. The Labute approximate surface area is 173 Å². The van der Waals surface area contributed by atoms with Gasteiger partial charge in [0.1, 0.15) is 5.75 Å². The number of sulfonamides is 1. The van der Waals surface area contributed by atoms with E-state index >= 15 is 0 Å². The number of methoxy groups -OCH3 is 1. The fourth-order valence-electron chi connectivity index (χ4n) is 3.63. The number of rotatable bonds is 7. The van der Waals surface area contributed by atoms with E-state index in [1.54, 1.807) is 7.11 Å². The highest BCUT2D eigenvalue weighted by atomic mass is 32.2. The average Bonchev–Trinajstić information content (AvgIpc) is 3.21.